The van der Waals surface area contributed by atoms with Crippen molar-refractivity contribution in [2.75, 3.05) is 18.0 Å². The highest BCUT2D eigenvalue weighted by Crippen LogP contribution is 2.22. The Kier molecular flexibility index (Phi) is 4.16. The van der Waals surface area contributed by atoms with Gasteiger partial charge in [-0.25, -0.2) is 4.98 Å². The zero-order valence-corrected chi connectivity index (χ0v) is 10.5. The smallest absolute Gasteiger partial charge is 0.347 e. The van der Waals surface area contributed by atoms with Crippen LogP contribution in [-0.4, -0.2) is 29.2 Å². The third kappa shape index (κ3) is 3.35. The van der Waals surface area contributed by atoms with Gasteiger partial charge < -0.3 is 9.88 Å². The first-order chi connectivity index (χ1) is 7.35. The summed E-state index contributed by atoms with van der Waals surface area (Å²) in [6, 6.07) is 0. The van der Waals surface area contributed by atoms with E-state index in [1.165, 1.54) is 0 Å². The van der Waals surface area contributed by atoms with Crippen LogP contribution in [0.1, 0.15) is 6.92 Å². The second kappa shape index (κ2) is 5.02. The van der Waals surface area contributed by atoms with Crippen LogP contribution in [0.25, 0.3) is 0 Å². The van der Waals surface area contributed by atoms with Crippen molar-refractivity contribution in [3.8, 4) is 0 Å². The van der Waals surface area contributed by atoms with Crippen molar-refractivity contribution in [3.63, 3.8) is 0 Å². The highest BCUT2D eigenvalue weighted by atomic mass is 127. The molecule has 8 heteroatoms. The monoisotopic (exact) mass is 347 g/mol. The van der Waals surface area contributed by atoms with Gasteiger partial charge >= 0.3 is 6.18 Å². The molecule has 0 saturated carbocycles. The van der Waals surface area contributed by atoms with E-state index in [9.17, 15) is 18.0 Å². The largest absolute Gasteiger partial charge is 0.405 e. The molecular weight excluding hydrogens is 338 g/mol. The molecule has 1 aromatic rings. The van der Waals surface area contributed by atoms with Crippen LogP contribution >= 0.6 is 22.6 Å². The molecule has 0 saturated heterocycles. The second-order valence-corrected chi connectivity index (χ2v) is 4.08. The van der Waals surface area contributed by atoms with E-state index in [0.29, 0.717) is 0 Å². The van der Waals surface area contributed by atoms with E-state index in [1.807, 2.05) is 0 Å². The lowest BCUT2D eigenvalue weighted by Crippen LogP contribution is -2.36. The maximum atomic E-state index is 12.3. The Balaban J connectivity index is 3.05. The number of H-pyrrole nitrogens is 1. The SMILES string of the molecule is CCN(CC(F)(F)F)c1nc[nH]c(=O)c1I. The van der Waals surface area contributed by atoms with Crippen LogP contribution in [0, 0.1) is 3.57 Å². The van der Waals surface area contributed by atoms with Gasteiger partial charge in [-0.3, -0.25) is 4.79 Å². The summed E-state index contributed by atoms with van der Waals surface area (Å²) in [5, 5.41) is 0. The van der Waals surface area contributed by atoms with Crippen LogP contribution < -0.4 is 10.5 Å². The van der Waals surface area contributed by atoms with E-state index in [4.69, 9.17) is 0 Å². The topological polar surface area (TPSA) is 49.0 Å². The molecule has 4 nitrogen and oxygen atoms in total. The number of halogens is 4. The average Bonchev–Trinajstić information content (AvgIpc) is 2.18. The molecule has 0 amide bonds. The summed E-state index contributed by atoms with van der Waals surface area (Å²) in [4.78, 5) is 18.3. The van der Waals surface area contributed by atoms with E-state index in [0.717, 1.165) is 11.2 Å². The van der Waals surface area contributed by atoms with Crippen LogP contribution in [-0.2, 0) is 0 Å². The van der Waals surface area contributed by atoms with Gasteiger partial charge in [0.2, 0.25) is 0 Å². The van der Waals surface area contributed by atoms with Crippen LogP contribution in [0.3, 0.4) is 0 Å². The Morgan fingerprint density at radius 2 is 2.19 bits per heavy atom. The summed E-state index contributed by atoms with van der Waals surface area (Å²) in [5.41, 5.74) is -0.439. The molecule has 16 heavy (non-hydrogen) atoms. The normalized spacial score (nSPS) is 11.6. The van der Waals surface area contributed by atoms with Gasteiger partial charge in [0.25, 0.3) is 5.56 Å². The first-order valence-electron chi connectivity index (χ1n) is 4.40. The number of nitrogens with zero attached hydrogens (tertiary/aromatic N) is 2. The first-order valence-corrected chi connectivity index (χ1v) is 5.48. The minimum Gasteiger partial charge on any atom is -0.347 e. The number of aromatic nitrogens is 2. The summed E-state index contributed by atoms with van der Waals surface area (Å²) >= 11 is 1.68. The molecule has 0 aliphatic carbocycles. The maximum absolute atomic E-state index is 12.3. The summed E-state index contributed by atoms with van der Waals surface area (Å²) in [5.74, 6) is 0.0594. The summed E-state index contributed by atoms with van der Waals surface area (Å²) in [7, 11) is 0. The predicted molar refractivity (Wildman–Crippen MR) is 61.5 cm³/mol. The van der Waals surface area contributed by atoms with Gasteiger partial charge in [-0.05, 0) is 29.5 Å². The number of hydrogen-bond acceptors (Lipinski definition) is 3. The second-order valence-electron chi connectivity index (χ2n) is 3.00. The number of anilines is 1. The summed E-state index contributed by atoms with van der Waals surface area (Å²) < 4.78 is 36.9. The van der Waals surface area contributed by atoms with Crippen molar-refractivity contribution in [2.24, 2.45) is 0 Å². The van der Waals surface area contributed by atoms with Gasteiger partial charge in [-0.2, -0.15) is 13.2 Å². The average molecular weight is 347 g/mol. The molecule has 1 aromatic heterocycles. The van der Waals surface area contributed by atoms with E-state index < -0.39 is 18.3 Å². The molecule has 0 fully saturated rings. The molecule has 0 bridgehead atoms. The molecule has 0 aliphatic heterocycles. The lowest BCUT2D eigenvalue weighted by molar-refractivity contribution is -0.119. The first kappa shape index (κ1) is 13.3. The Hall–Kier alpha value is -0.800. The molecule has 0 aromatic carbocycles. The maximum Gasteiger partial charge on any atom is 0.405 e. The van der Waals surface area contributed by atoms with Crippen LogP contribution in [0.15, 0.2) is 11.1 Å². The Morgan fingerprint density at radius 1 is 1.56 bits per heavy atom. The highest BCUT2D eigenvalue weighted by molar-refractivity contribution is 14.1. The van der Waals surface area contributed by atoms with Gasteiger partial charge in [0.1, 0.15) is 15.9 Å². The summed E-state index contributed by atoms with van der Waals surface area (Å²) in [6.07, 6.45) is -3.22. The zero-order valence-electron chi connectivity index (χ0n) is 8.31. The minimum absolute atomic E-state index is 0.0594. The fraction of sp³-hybridized carbons (Fsp3) is 0.500. The number of rotatable bonds is 3. The standard InChI is InChI=1S/C8H9F3IN3O/c1-2-15(3-8(9,10)11)6-5(12)7(16)14-4-13-6/h4H,2-3H2,1H3,(H,13,14,16). The number of nitrogens with one attached hydrogen (secondary N) is 1. The molecule has 1 N–H and O–H groups in total. The molecule has 90 valence electrons. The van der Waals surface area contributed by atoms with Crippen LogP contribution in [0.4, 0.5) is 19.0 Å². The molecule has 0 spiro atoms. The van der Waals surface area contributed by atoms with Crippen molar-refractivity contribution >= 4 is 28.4 Å². The lowest BCUT2D eigenvalue weighted by Gasteiger charge is -2.23. The minimum atomic E-state index is -4.32. The van der Waals surface area contributed by atoms with Gasteiger partial charge in [-0.15, -0.1) is 0 Å². The number of aromatic amines is 1. The Bertz CT molecular complexity index is 418. The van der Waals surface area contributed by atoms with Crippen LogP contribution in [0.5, 0.6) is 0 Å². The number of hydrogen-bond donors (Lipinski definition) is 1. The number of alkyl halides is 3. The zero-order chi connectivity index (χ0) is 12.3. The van der Waals surface area contributed by atoms with Gasteiger partial charge in [0, 0.05) is 6.54 Å². The molecule has 1 rings (SSSR count). The van der Waals surface area contributed by atoms with Crippen molar-refractivity contribution in [1.29, 1.82) is 0 Å². The third-order valence-corrected chi connectivity index (χ3v) is 2.80. The quantitative estimate of drug-likeness (QED) is 0.848. The fourth-order valence-electron chi connectivity index (χ4n) is 1.15. The molecule has 0 radical (unpaired) electrons. The van der Waals surface area contributed by atoms with Crippen molar-refractivity contribution in [1.82, 2.24) is 9.97 Å². The highest BCUT2D eigenvalue weighted by Gasteiger charge is 2.31. The van der Waals surface area contributed by atoms with E-state index >= 15 is 0 Å². The lowest BCUT2D eigenvalue weighted by atomic mass is 10.4. The summed E-state index contributed by atoms with van der Waals surface area (Å²) in [6.45, 7) is 0.590. The Morgan fingerprint density at radius 3 is 2.69 bits per heavy atom. The van der Waals surface area contributed by atoms with Crippen molar-refractivity contribution in [3.05, 3.63) is 20.3 Å². The van der Waals surface area contributed by atoms with Crippen molar-refractivity contribution in [2.45, 2.75) is 13.1 Å². The van der Waals surface area contributed by atoms with E-state index in [1.54, 1.807) is 29.5 Å². The molecule has 0 unspecified atom stereocenters. The Labute approximate surface area is 103 Å². The van der Waals surface area contributed by atoms with Crippen molar-refractivity contribution < 1.29 is 13.2 Å². The van der Waals surface area contributed by atoms with Crippen LogP contribution in [0.2, 0.25) is 0 Å². The molecular formula is C8H9F3IN3O. The van der Waals surface area contributed by atoms with Gasteiger partial charge in [0.05, 0.1) is 6.33 Å². The predicted octanol–water partition coefficient (Wildman–Crippen LogP) is 1.76. The molecule has 1 heterocycles. The van der Waals surface area contributed by atoms with Gasteiger partial charge in [0.15, 0.2) is 0 Å². The van der Waals surface area contributed by atoms with E-state index in [-0.39, 0.29) is 15.9 Å². The fourth-order valence-corrected chi connectivity index (χ4v) is 1.78. The molecule has 0 aliphatic rings. The van der Waals surface area contributed by atoms with Gasteiger partial charge in [-0.1, -0.05) is 0 Å². The van der Waals surface area contributed by atoms with E-state index in [2.05, 4.69) is 9.97 Å². The molecule has 0 atom stereocenters. The third-order valence-electron chi connectivity index (χ3n) is 1.83.